The minimum atomic E-state index is 0.344. The Morgan fingerprint density at radius 3 is 3.00 bits per heavy atom. The molecule has 1 aromatic rings. The van der Waals surface area contributed by atoms with Gasteiger partial charge in [-0.05, 0) is 19.3 Å². The Kier molecular flexibility index (Phi) is 2.62. The minimum Gasteiger partial charge on any atom is -0.370 e. The number of aromatic nitrogens is 3. The number of likely N-dealkylation sites (tertiary alicyclic amines) is 1. The maximum Gasteiger partial charge on any atom is 0.0930 e. The fourth-order valence-electron chi connectivity index (χ4n) is 3.80. The molecule has 3 aliphatic rings. The maximum absolute atomic E-state index is 5.95. The van der Waals surface area contributed by atoms with E-state index in [2.05, 4.69) is 19.9 Å². The molecule has 18 heavy (non-hydrogen) atoms. The first kappa shape index (κ1) is 10.9. The van der Waals surface area contributed by atoms with Crippen molar-refractivity contribution in [1.82, 2.24) is 19.9 Å². The first-order valence-electron chi connectivity index (χ1n) is 7.16. The summed E-state index contributed by atoms with van der Waals surface area (Å²) in [6.45, 7) is 2.96. The van der Waals surface area contributed by atoms with Gasteiger partial charge in [-0.2, -0.15) is 0 Å². The number of ether oxygens (including phenoxy) is 1. The van der Waals surface area contributed by atoms with Crippen molar-refractivity contribution in [3.05, 3.63) is 11.9 Å². The van der Waals surface area contributed by atoms with E-state index in [1.54, 1.807) is 0 Å². The van der Waals surface area contributed by atoms with Gasteiger partial charge in [0.25, 0.3) is 0 Å². The summed E-state index contributed by atoms with van der Waals surface area (Å²) in [4.78, 5) is 2.66. The number of hydrogen-bond acceptors (Lipinski definition) is 4. The van der Waals surface area contributed by atoms with E-state index in [1.807, 2.05) is 6.20 Å². The van der Waals surface area contributed by atoms with Crippen LogP contribution in [0.15, 0.2) is 6.20 Å². The van der Waals surface area contributed by atoms with Crippen LogP contribution >= 0.6 is 0 Å². The molecule has 2 aliphatic heterocycles. The van der Waals surface area contributed by atoms with E-state index in [0.717, 1.165) is 24.7 Å². The van der Waals surface area contributed by atoms with E-state index in [1.165, 1.54) is 32.2 Å². The van der Waals surface area contributed by atoms with Crippen LogP contribution in [0.5, 0.6) is 0 Å². The monoisotopic (exact) mass is 248 g/mol. The number of nitrogens with zero attached hydrogens (tertiary/aromatic N) is 4. The predicted octanol–water partition coefficient (Wildman–Crippen LogP) is 1.37. The van der Waals surface area contributed by atoms with Crippen LogP contribution in [-0.2, 0) is 11.3 Å². The van der Waals surface area contributed by atoms with Gasteiger partial charge in [0, 0.05) is 19.1 Å². The summed E-state index contributed by atoms with van der Waals surface area (Å²) in [5.74, 6) is 0. The number of piperidine rings is 1. The summed E-state index contributed by atoms with van der Waals surface area (Å²) in [5.41, 5.74) is 1.13. The Balaban J connectivity index is 1.56. The molecular weight excluding hydrogens is 228 g/mol. The van der Waals surface area contributed by atoms with Crippen LogP contribution in [0.3, 0.4) is 0 Å². The SMILES string of the molecule is c1nnn2c1CO[C@@H]1CCN(C3CCCC3)C[C@H]12. The maximum atomic E-state index is 5.95. The van der Waals surface area contributed by atoms with Gasteiger partial charge in [0.05, 0.1) is 30.6 Å². The zero-order chi connectivity index (χ0) is 11.9. The lowest BCUT2D eigenvalue weighted by molar-refractivity contribution is -0.0720. The second kappa shape index (κ2) is 4.31. The van der Waals surface area contributed by atoms with Gasteiger partial charge in [0.2, 0.25) is 0 Å². The van der Waals surface area contributed by atoms with Gasteiger partial charge >= 0.3 is 0 Å². The molecule has 2 fully saturated rings. The summed E-state index contributed by atoms with van der Waals surface area (Å²) in [6.07, 6.45) is 8.88. The highest BCUT2D eigenvalue weighted by Crippen LogP contribution is 2.33. The Labute approximate surface area is 107 Å². The lowest BCUT2D eigenvalue weighted by atomic mass is 9.98. The smallest absolute Gasteiger partial charge is 0.0930 e. The molecule has 2 atom stereocenters. The summed E-state index contributed by atoms with van der Waals surface area (Å²) in [7, 11) is 0. The Bertz CT molecular complexity index is 426. The van der Waals surface area contributed by atoms with Gasteiger partial charge in [-0.15, -0.1) is 5.10 Å². The van der Waals surface area contributed by atoms with E-state index in [9.17, 15) is 0 Å². The molecule has 1 aliphatic carbocycles. The number of hydrogen-bond donors (Lipinski definition) is 0. The second-order valence-electron chi connectivity index (χ2n) is 5.81. The van der Waals surface area contributed by atoms with E-state index in [0.29, 0.717) is 18.8 Å². The van der Waals surface area contributed by atoms with Gasteiger partial charge in [0.1, 0.15) is 0 Å². The van der Waals surface area contributed by atoms with Crippen molar-refractivity contribution in [2.75, 3.05) is 13.1 Å². The fourth-order valence-corrected chi connectivity index (χ4v) is 3.80. The third kappa shape index (κ3) is 1.68. The molecule has 1 saturated carbocycles. The van der Waals surface area contributed by atoms with Gasteiger partial charge in [0.15, 0.2) is 0 Å². The third-order valence-electron chi connectivity index (χ3n) is 4.80. The van der Waals surface area contributed by atoms with Gasteiger partial charge in [-0.3, -0.25) is 4.90 Å². The highest BCUT2D eigenvalue weighted by atomic mass is 16.5. The molecule has 0 bridgehead atoms. The molecule has 1 saturated heterocycles. The molecule has 5 heteroatoms. The molecule has 3 heterocycles. The van der Waals surface area contributed by atoms with Crippen LogP contribution < -0.4 is 0 Å². The van der Waals surface area contributed by atoms with Gasteiger partial charge < -0.3 is 4.74 Å². The molecule has 4 rings (SSSR count). The highest BCUT2D eigenvalue weighted by molar-refractivity contribution is 5.01. The lowest BCUT2D eigenvalue weighted by Gasteiger charge is -2.43. The molecule has 5 nitrogen and oxygen atoms in total. The first-order chi connectivity index (χ1) is 8.92. The number of fused-ring (bicyclic) bond motifs is 3. The molecule has 0 N–H and O–H groups in total. The highest BCUT2D eigenvalue weighted by Gasteiger charge is 2.38. The Morgan fingerprint density at radius 2 is 2.11 bits per heavy atom. The lowest BCUT2D eigenvalue weighted by Crippen LogP contribution is -2.50. The van der Waals surface area contributed by atoms with Crippen molar-refractivity contribution in [1.29, 1.82) is 0 Å². The van der Waals surface area contributed by atoms with Crippen molar-refractivity contribution < 1.29 is 4.74 Å². The zero-order valence-corrected chi connectivity index (χ0v) is 10.7. The van der Waals surface area contributed by atoms with Crippen LogP contribution in [0.1, 0.15) is 43.8 Å². The van der Waals surface area contributed by atoms with Crippen LogP contribution in [-0.4, -0.2) is 45.1 Å². The molecular formula is C13H20N4O. The van der Waals surface area contributed by atoms with Crippen molar-refractivity contribution in [3.63, 3.8) is 0 Å². The van der Waals surface area contributed by atoms with Crippen LogP contribution in [0.2, 0.25) is 0 Å². The van der Waals surface area contributed by atoms with Crippen molar-refractivity contribution in [2.45, 2.75) is 56.9 Å². The molecule has 98 valence electrons. The quantitative estimate of drug-likeness (QED) is 0.753. The van der Waals surface area contributed by atoms with Crippen LogP contribution in [0.25, 0.3) is 0 Å². The van der Waals surface area contributed by atoms with E-state index < -0.39 is 0 Å². The van der Waals surface area contributed by atoms with E-state index >= 15 is 0 Å². The van der Waals surface area contributed by atoms with E-state index in [4.69, 9.17) is 4.74 Å². The van der Waals surface area contributed by atoms with Crippen LogP contribution in [0, 0.1) is 0 Å². The van der Waals surface area contributed by atoms with Crippen LogP contribution in [0.4, 0.5) is 0 Å². The molecule has 0 radical (unpaired) electrons. The average molecular weight is 248 g/mol. The summed E-state index contributed by atoms with van der Waals surface area (Å²) in [5, 5.41) is 8.29. The van der Waals surface area contributed by atoms with Crippen molar-refractivity contribution in [3.8, 4) is 0 Å². The predicted molar refractivity (Wildman–Crippen MR) is 66.1 cm³/mol. The first-order valence-corrected chi connectivity index (χ1v) is 7.16. The second-order valence-corrected chi connectivity index (χ2v) is 5.81. The molecule has 1 aromatic heterocycles. The molecule has 0 spiro atoms. The molecule has 0 unspecified atom stereocenters. The average Bonchev–Trinajstić information content (AvgIpc) is 3.09. The van der Waals surface area contributed by atoms with E-state index in [-0.39, 0.29) is 0 Å². The summed E-state index contributed by atoms with van der Waals surface area (Å²) < 4.78 is 8.06. The van der Waals surface area contributed by atoms with Crippen molar-refractivity contribution >= 4 is 0 Å². The third-order valence-corrected chi connectivity index (χ3v) is 4.80. The van der Waals surface area contributed by atoms with Gasteiger partial charge in [-0.25, -0.2) is 4.68 Å². The summed E-state index contributed by atoms with van der Waals surface area (Å²) >= 11 is 0. The van der Waals surface area contributed by atoms with Gasteiger partial charge in [-0.1, -0.05) is 18.1 Å². The Hall–Kier alpha value is -0.940. The topological polar surface area (TPSA) is 43.2 Å². The molecule has 0 aromatic carbocycles. The fraction of sp³-hybridized carbons (Fsp3) is 0.846. The number of rotatable bonds is 1. The molecule has 0 amide bonds. The zero-order valence-electron chi connectivity index (χ0n) is 10.7. The Morgan fingerprint density at radius 1 is 1.22 bits per heavy atom. The normalized spacial score (nSPS) is 33.3. The van der Waals surface area contributed by atoms with Crippen molar-refractivity contribution in [2.24, 2.45) is 0 Å². The summed E-state index contributed by atoms with van der Waals surface area (Å²) in [6, 6.07) is 1.19. The minimum absolute atomic E-state index is 0.344. The largest absolute Gasteiger partial charge is 0.370 e. The standard InChI is InChI=1S/C13H20N4O/c1-2-4-10(3-1)16-6-5-13-12(8-16)17-11(9-18-13)7-14-15-17/h7,10,12-13H,1-6,8-9H2/t12-,13-/m1/s1.